The lowest BCUT2D eigenvalue weighted by molar-refractivity contribution is -0.115. The Balaban J connectivity index is 1.37. The molecular weight excluding hydrogens is 496 g/mol. The van der Waals surface area contributed by atoms with Crippen molar-refractivity contribution in [2.45, 2.75) is 30.3 Å². The predicted molar refractivity (Wildman–Crippen MR) is 142 cm³/mol. The van der Waals surface area contributed by atoms with Crippen molar-refractivity contribution < 1.29 is 14.7 Å². The van der Waals surface area contributed by atoms with Crippen LogP contribution in [0.1, 0.15) is 29.9 Å². The molecule has 9 nitrogen and oxygen atoms in total. The quantitative estimate of drug-likeness (QED) is 0.281. The topological polar surface area (TPSA) is 119 Å². The zero-order chi connectivity index (χ0) is 25.2. The van der Waals surface area contributed by atoms with E-state index in [4.69, 9.17) is 5.73 Å². The van der Waals surface area contributed by atoms with Gasteiger partial charge in [-0.3, -0.25) is 9.59 Å². The summed E-state index contributed by atoms with van der Waals surface area (Å²) in [4.78, 5) is 32.6. The van der Waals surface area contributed by atoms with Crippen LogP contribution in [-0.4, -0.2) is 42.6 Å². The average molecular weight is 521 g/mol. The first-order chi connectivity index (χ1) is 17.4. The standard InChI is InChI=1S/C25H24N6O3S2/c1-16(33)31(36-25-28-20-4-2-3-5-23(20)35-25)18-7-6-17-8-10-29(22(17)12-18)11-9-19(14-32)30-13-21(24(26)34)27-15-30/h2-8,10,12-13,15,19,32H,9,11,14H2,1H3,(H2,26,34)/t19-/m1/s1. The van der Waals surface area contributed by atoms with Crippen LogP contribution < -0.4 is 10.0 Å². The highest BCUT2D eigenvalue weighted by Gasteiger charge is 2.18. The summed E-state index contributed by atoms with van der Waals surface area (Å²) < 4.78 is 7.33. The Kier molecular flexibility index (Phi) is 6.77. The summed E-state index contributed by atoms with van der Waals surface area (Å²) in [6.07, 6.45) is 5.66. The van der Waals surface area contributed by atoms with E-state index in [2.05, 4.69) is 14.5 Å². The average Bonchev–Trinajstić information content (AvgIpc) is 3.61. The van der Waals surface area contributed by atoms with Gasteiger partial charge >= 0.3 is 0 Å². The summed E-state index contributed by atoms with van der Waals surface area (Å²) in [5, 5.41) is 11.0. The van der Waals surface area contributed by atoms with Crippen LogP contribution in [0.2, 0.25) is 0 Å². The smallest absolute Gasteiger partial charge is 0.268 e. The molecule has 0 unspecified atom stereocenters. The molecule has 0 aliphatic carbocycles. The van der Waals surface area contributed by atoms with Gasteiger partial charge in [-0.15, -0.1) is 11.3 Å². The minimum Gasteiger partial charge on any atom is -0.394 e. The van der Waals surface area contributed by atoms with Gasteiger partial charge in [0.25, 0.3) is 5.91 Å². The number of aromatic nitrogens is 4. The van der Waals surface area contributed by atoms with Crippen LogP contribution in [-0.2, 0) is 11.3 Å². The first-order valence-electron chi connectivity index (χ1n) is 11.3. The van der Waals surface area contributed by atoms with Gasteiger partial charge in [0.15, 0.2) is 4.34 Å². The molecule has 184 valence electrons. The molecule has 0 saturated carbocycles. The molecule has 11 heteroatoms. The number of rotatable bonds is 9. The van der Waals surface area contributed by atoms with Crippen molar-refractivity contribution in [3.8, 4) is 0 Å². The van der Waals surface area contributed by atoms with Crippen LogP contribution in [0, 0.1) is 0 Å². The third kappa shape index (κ3) is 4.85. The number of nitrogens with zero attached hydrogens (tertiary/aromatic N) is 5. The molecule has 0 bridgehead atoms. The van der Waals surface area contributed by atoms with Crippen molar-refractivity contribution >= 4 is 61.9 Å². The number of para-hydroxylation sites is 1. The monoisotopic (exact) mass is 520 g/mol. The molecule has 5 aromatic rings. The molecule has 3 N–H and O–H groups in total. The van der Waals surface area contributed by atoms with Crippen LogP contribution in [0.25, 0.3) is 21.1 Å². The van der Waals surface area contributed by atoms with E-state index in [1.807, 2.05) is 54.7 Å². The van der Waals surface area contributed by atoms with E-state index in [1.165, 1.54) is 18.3 Å². The number of fused-ring (bicyclic) bond motifs is 2. The lowest BCUT2D eigenvalue weighted by Crippen LogP contribution is -2.20. The molecule has 0 fully saturated rings. The van der Waals surface area contributed by atoms with Gasteiger partial charge in [-0.1, -0.05) is 18.2 Å². The number of primary amides is 1. The van der Waals surface area contributed by atoms with E-state index in [-0.39, 0.29) is 24.2 Å². The molecule has 3 aromatic heterocycles. The third-order valence-corrected chi connectivity index (χ3v) is 8.11. The summed E-state index contributed by atoms with van der Waals surface area (Å²) in [7, 11) is 0. The maximum Gasteiger partial charge on any atom is 0.268 e. The van der Waals surface area contributed by atoms with Crippen molar-refractivity contribution in [2.75, 3.05) is 10.9 Å². The van der Waals surface area contributed by atoms with Gasteiger partial charge in [-0.2, -0.15) is 0 Å². The summed E-state index contributed by atoms with van der Waals surface area (Å²) in [6, 6.07) is 15.6. The Labute approximate surface area is 215 Å². The summed E-state index contributed by atoms with van der Waals surface area (Å²) >= 11 is 2.87. The predicted octanol–water partition coefficient (Wildman–Crippen LogP) is 4.23. The molecule has 0 spiro atoms. The SMILES string of the molecule is CC(=O)N(Sc1nc2ccccc2s1)c1ccc2ccn(CC[C@H](CO)n3cnc(C(N)=O)c3)c2c1. The van der Waals surface area contributed by atoms with E-state index >= 15 is 0 Å². The number of aliphatic hydroxyl groups excluding tert-OH is 1. The molecule has 3 heterocycles. The molecule has 36 heavy (non-hydrogen) atoms. The minimum absolute atomic E-state index is 0.0950. The van der Waals surface area contributed by atoms with Gasteiger partial charge in [-0.25, -0.2) is 14.3 Å². The molecular formula is C25H24N6O3S2. The second-order valence-corrected chi connectivity index (χ2v) is 10.5. The third-order valence-electron chi connectivity index (χ3n) is 5.91. The normalized spacial score (nSPS) is 12.3. The van der Waals surface area contributed by atoms with E-state index in [0.717, 1.165) is 31.1 Å². The number of hydrogen-bond donors (Lipinski definition) is 2. The Morgan fingerprint density at radius 1 is 1.22 bits per heavy atom. The van der Waals surface area contributed by atoms with Crippen molar-refractivity contribution in [2.24, 2.45) is 5.73 Å². The Morgan fingerprint density at radius 3 is 2.78 bits per heavy atom. The van der Waals surface area contributed by atoms with Crippen LogP contribution in [0.3, 0.4) is 0 Å². The van der Waals surface area contributed by atoms with Gasteiger partial charge < -0.3 is 20.0 Å². The molecule has 0 aliphatic heterocycles. The second-order valence-electron chi connectivity index (χ2n) is 8.30. The fourth-order valence-electron chi connectivity index (χ4n) is 4.05. The number of imidazole rings is 1. The van der Waals surface area contributed by atoms with Gasteiger partial charge in [0.1, 0.15) is 5.69 Å². The Hall–Kier alpha value is -3.67. The number of aryl methyl sites for hydroxylation is 1. The molecule has 0 saturated heterocycles. The molecule has 0 radical (unpaired) electrons. The van der Waals surface area contributed by atoms with Gasteiger partial charge in [0, 0.05) is 37.8 Å². The van der Waals surface area contributed by atoms with E-state index in [1.54, 1.807) is 33.3 Å². The minimum atomic E-state index is -0.604. The van der Waals surface area contributed by atoms with Crippen LogP contribution >= 0.6 is 23.3 Å². The number of hydrogen-bond acceptors (Lipinski definition) is 7. The van der Waals surface area contributed by atoms with Crippen molar-refractivity contribution in [1.29, 1.82) is 0 Å². The fourth-order valence-corrected chi connectivity index (χ4v) is 6.03. The molecule has 0 aliphatic rings. The second kappa shape index (κ2) is 10.1. The molecule has 2 aromatic carbocycles. The number of carbonyl (C=O) groups excluding carboxylic acids is 2. The molecule has 5 rings (SSSR count). The van der Waals surface area contributed by atoms with Gasteiger partial charge in [0.05, 0.1) is 40.4 Å². The first-order valence-corrected chi connectivity index (χ1v) is 12.9. The van der Waals surface area contributed by atoms with Crippen molar-refractivity contribution in [1.82, 2.24) is 19.1 Å². The highest BCUT2D eigenvalue weighted by atomic mass is 32.2. The van der Waals surface area contributed by atoms with Crippen LogP contribution in [0.15, 0.2) is 71.6 Å². The number of thiazole rings is 1. The highest BCUT2D eigenvalue weighted by Crippen LogP contribution is 2.36. The number of carbonyl (C=O) groups is 2. The van der Waals surface area contributed by atoms with Crippen molar-refractivity contribution in [3.05, 3.63) is 72.9 Å². The summed E-state index contributed by atoms with van der Waals surface area (Å²) in [5.74, 6) is -0.699. The zero-order valence-corrected chi connectivity index (χ0v) is 21.1. The van der Waals surface area contributed by atoms with E-state index in [9.17, 15) is 14.7 Å². The maximum atomic E-state index is 12.6. The zero-order valence-electron chi connectivity index (χ0n) is 19.4. The number of nitrogens with two attached hydrogens (primary N) is 1. The Morgan fingerprint density at radius 2 is 2.06 bits per heavy atom. The summed E-state index contributed by atoms with van der Waals surface area (Å²) in [5.41, 5.74) is 8.11. The number of amides is 2. The van der Waals surface area contributed by atoms with Crippen LogP contribution in [0.5, 0.6) is 0 Å². The highest BCUT2D eigenvalue weighted by molar-refractivity contribution is 8.03. The van der Waals surface area contributed by atoms with Gasteiger partial charge in [-0.05, 0) is 42.1 Å². The van der Waals surface area contributed by atoms with Crippen molar-refractivity contribution in [3.63, 3.8) is 0 Å². The van der Waals surface area contributed by atoms with Crippen LogP contribution in [0.4, 0.5) is 5.69 Å². The van der Waals surface area contributed by atoms with E-state index in [0.29, 0.717) is 13.0 Å². The number of aliphatic hydroxyl groups is 1. The summed E-state index contributed by atoms with van der Waals surface area (Å²) in [6.45, 7) is 2.06. The Bertz CT molecular complexity index is 1520. The number of anilines is 1. The largest absolute Gasteiger partial charge is 0.394 e. The number of benzene rings is 2. The maximum absolute atomic E-state index is 12.6. The van der Waals surface area contributed by atoms with Gasteiger partial charge in [0.2, 0.25) is 5.91 Å². The lowest BCUT2D eigenvalue weighted by Gasteiger charge is -2.19. The fraction of sp³-hybridized carbons (Fsp3) is 0.200. The molecule has 2 amide bonds. The lowest BCUT2D eigenvalue weighted by atomic mass is 10.2. The van der Waals surface area contributed by atoms with E-state index < -0.39 is 5.91 Å². The molecule has 1 atom stereocenters. The first kappa shape index (κ1) is 24.0.